The quantitative estimate of drug-likeness (QED) is 0.699. The van der Waals surface area contributed by atoms with E-state index in [1.807, 2.05) is 32.0 Å². The maximum Gasteiger partial charge on any atom is 0.221 e. The number of hydrogen-bond donors (Lipinski definition) is 1. The maximum atomic E-state index is 11.5. The highest BCUT2D eigenvalue weighted by Crippen LogP contribution is 2.36. The maximum absolute atomic E-state index is 11.5. The first-order chi connectivity index (χ1) is 11.5. The average molecular weight is 336 g/mol. The van der Waals surface area contributed by atoms with Crippen molar-refractivity contribution in [2.75, 3.05) is 5.32 Å². The fraction of sp³-hybridized carbons (Fsp3) is 0.200. The zero-order valence-corrected chi connectivity index (χ0v) is 15.1. The molecule has 3 aromatic rings. The first-order valence-electron chi connectivity index (χ1n) is 7.87. The van der Waals surface area contributed by atoms with Gasteiger partial charge in [-0.25, -0.2) is 4.98 Å². The molecule has 0 aliphatic heterocycles. The predicted molar refractivity (Wildman–Crippen MR) is 102 cm³/mol. The van der Waals surface area contributed by atoms with Gasteiger partial charge in [0.1, 0.15) is 5.01 Å². The Morgan fingerprint density at radius 1 is 1.08 bits per heavy atom. The molecule has 1 heterocycles. The monoisotopic (exact) mass is 336 g/mol. The lowest BCUT2D eigenvalue weighted by Crippen LogP contribution is -2.10. The number of benzene rings is 2. The van der Waals surface area contributed by atoms with Crippen LogP contribution in [0.5, 0.6) is 0 Å². The number of nitrogens with one attached hydrogen (secondary N) is 1. The third-order valence-corrected chi connectivity index (χ3v) is 4.95. The molecule has 0 bridgehead atoms. The molecule has 3 nitrogen and oxygen atoms in total. The van der Waals surface area contributed by atoms with Gasteiger partial charge in [0.25, 0.3) is 0 Å². The topological polar surface area (TPSA) is 42.0 Å². The first kappa shape index (κ1) is 16.4. The van der Waals surface area contributed by atoms with Crippen LogP contribution in [-0.4, -0.2) is 10.9 Å². The predicted octanol–water partition coefficient (Wildman–Crippen LogP) is 5.36. The third kappa shape index (κ3) is 3.10. The fourth-order valence-electron chi connectivity index (χ4n) is 3.05. The van der Waals surface area contributed by atoms with E-state index >= 15 is 0 Å². The van der Waals surface area contributed by atoms with Gasteiger partial charge < -0.3 is 5.32 Å². The summed E-state index contributed by atoms with van der Waals surface area (Å²) in [5, 5.41) is 6.05. The number of thiazole rings is 1. The van der Waals surface area contributed by atoms with E-state index in [0.717, 1.165) is 38.6 Å². The Hall–Kier alpha value is -2.46. The SMILES string of the molecule is CC(=O)Nc1c(C)cc(C)c(-c2csc(-c3ccccc3)n2)c1C. The molecule has 1 amide bonds. The molecule has 0 atom stereocenters. The summed E-state index contributed by atoms with van der Waals surface area (Å²) in [6.45, 7) is 7.69. The minimum Gasteiger partial charge on any atom is -0.326 e. The number of aryl methyl sites for hydroxylation is 2. The molecule has 122 valence electrons. The van der Waals surface area contributed by atoms with Crippen molar-refractivity contribution in [3.63, 3.8) is 0 Å². The summed E-state index contributed by atoms with van der Waals surface area (Å²) in [6, 6.07) is 12.3. The lowest BCUT2D eigenvalue weighted by atomic mass is 9.95. The van der Waals surface area contributed by atoms with Crippen molar-refractivity contribution >= 4 is 22.9 Å². The third-order valence-electron chi connectivity index (χ3n) is 4.05. The average Bonchev–Trinajstić information content (AvgIpc) is 3.01. The van der Waals surface area contributed by atoms with Gasteiger partial charge in [0.05, 0.1) is 5.69 Å². The number of aromatic nitrogens is 1. The molecule has 1 N–H and O–H groups in total. The van der Waals surface area contributed by atoms with Crippen LogP contribution in [0.2, 0.25) is 0 Å². The van der Waals surface area contributed by atoms with E-state index in [-0.39, 0.29) is 5.91 Å². The van der Waals surface area contributed by atoms with Crippen molar-refractivity contribution in [1.82, 2.24) is 4.98 Å². The Balaban J connectivity index is 2.10. The van der Waals surface area contributed by atoms with E-state index in [1.165, 1.54) is 12.5 Å². The molecule has 3 rings (SSSR count). The van der Waals surface area contributed by atoms with E-state index in [1.54, 1.807) is 11.3 Å². The summed E-state index contributed by atoms with van der Waals surface area (Å²) >= 11 is 1.64. The lowest BCUT2D eigenvalue weighted by molar-refractivity contribution is -0.114. The first-order valence-corrected chi connectivity index (χ1v) is 8.75. The van der Waals surface area contributed by atoms with E-state index in [2.05, 4.69) is 35.8 Å². The van der Waals surface area contributed by atoms with Crippen LogP contribution in [0.1, 0.15) is 23.6 Å². The molecule has 0 fully saturated rings. The van der Waals surface area contributed by atoms with Crippen LogP contribution in [0.15, 0.2) is 41.8 Å². The molecule has 1 aromatic heterocycles. The Kier molecular flexibility index (Phi) is 4.49. The van der Waals surface area contributed by atoms with Gasteiger partial charge >= 0.3 is 0 Å². The number of carbonyl (C=O) groups excluding carboxylic acids is 1. The Bertz CT molecular complexity index is 898. The Morgan fingerprint density at radius 2 is 1.79 bits per heavy atom. The molecule has 0 saturated heterocycles. The standard InChI is InChI=1S/C20H20N2OS/c1-12-10-13(2)19(21-15(4)23)14(3)18(12)17-11-24-20(22-17)16-8-6-5-7-9-16/h5-11H,1-4H3,(H,21,23). The second-order valence-electron chi connectivity index (χ2n) is 5.97. The van der Waals surface area contributed by atoms with Crippen LogP contribution in [0, 0.1) is 20.8 Å². The van der Waals surface area contributed by atoms with Gasteiger partial charge in [-0.2, -0.15) is 0 Å². The van der Waals surface area contributed by atoms with Crippen molar-refractivity contribution < 1.29 is 4.79 Å². The number of nitrogens with zero attached hydrogens (tertiary/aromatic N) is 1. The molecule has 0 aliphatic carbocycles. The molecule has 0 radical (unpaired) electrons. The van der Waals surface area contributed by atoms with E-state index in [0.29, 0.717) is 0 Å². The summed E-state index contributed by atoms with van der Waals surface area (Å²) in [5.74, 6) is -0.0562. The highest BCUT2D eigenvalue weighted by atomic mass is 32.1. The molecule has 0 aliphatic rings. The Morgan fingerprint density at radius 3 is 2.46 bits per heavy atom. The molecular weight excluding hydrogens is 316 g/mol. The largest absolute Gasteiger partial charge is 0.326 e. The minimum absolute atomic E-state index is 0.0562. The van der Waals surface area contributed by atoms with Gasteiger partial charge in [0, 0.05) is 29.1 Å². The Labute approximate surface area is 146 Å². The highest BCUT2D eigenvalue weighted by Gasteiger charge is 2.16. The molecule has 24 heavy (non-hydrogen) atoms. The van der Waals surface area contributed by atoms with Crippen molar-refractivity contribution in [2.45, 2.75) is 27.7 Å². The second kappa shape index (κ2) is 6.57. The van der Waals surface area contributed by atoms with Crippen molar-refractivity contribution in [2.24, 2.45) is 0 Å². The van der Waals surface area contributed by atoms with Gasteiger partial charge in [0.2, 0.25) is 5.91 Å². The second-order valence-corrected chi connectivity index (χ2v) is 6.83. The fourth-order valence-corrected chi connectivity index (χ4v) is 3.87. The summed E-state index contributed by atoms with van der Waals surface area (Å²) < 4.78 is 0. The number of rotatable bonds is 3. The van der Waals surface area contributed by atoms with Gasteiger partial charge in [-0.15, -0.1) is 11.3 Å². The number of hydrogen-bond acceptors (Lipinski definition) is 3. The molecule has 2 aromatic carbocycles. The van der Waals surface area contributed by atoms with Gasteiger partial charge in [-0.05, 0) is 37.5 Å². The highest BCUT2D eigenvalue weighted by molar-refractivity contribution is 7.13. The van der Waals surface area contributed by atoms with Gasteiger partial charge in [0.15, 0.2) is 0 Å². The van der Waals surface area contributed by atoms with Crippen molar-refractivity contribution in [3.8, 4) is 21.8 Å². The summed E-state index contributed by atoms with van der Waals surface area (Å²) in [6.07, 6.45) is 0. The zero-order chi connectivity index (χ0) is 17.3. The molecular formula is C20H20N2OS. The lowest BCUT2D eigenvalue weighted by Gasteiger charge is -2.16. The van der Waals surface area contributed by atoms with Crippen molar-refractivity contribution in [3.05, 3.63) is 58.5 Å². The normalized spacial score (nSPS) is 10.7. The zero-order valence-electron chi connectivity index (χ0n) is 14.3. The van der Waals surface area contributed by atoms with Crippen LogP contribution in [0.4, 0.5) is 5.69 Å². The smallest absolute Gasteiger partial charge is 0.221 e. The molecule has 0 spiro atoms. The van der Waals surface area contributed by atoms with E-state index < -0.39 is 0 Å². The summed E-state index contributed by atoms with van der Waals surface area (Å²) in [5.41, 5.74) is 7.37. The summed E-state index contributed by atoms with van der Waals surface area (Å²) in [4.78, 5) is 16.3. The van der Waals surface area contributed by atoms with Gasteiger partial charge in [-0.1, -0.05) is 36.4 Å². The van der Waals surface area contributed by atoms with Crippen LogP contribution >= 0.6 is 11.3 Å². The number of anilines is 1. The van der Waals surface area contributed by atoms with Crippen LogP contribution in [-0.2, 0) is 4.79 Å². The molecule has 0 unspecified atom stereocenters. The number of amides is 1. The minimum atomic E-state index is -0.0562. The van der Waals surface area contributed by atoms with Crippen LogP contribution in [0.3, 0.4) is 0 Å². The van der Waals surface area contributed by atoms with Crippen LogP contribution in [0.25, 0.3) is 21.8 Å². The summed E-state index contributed by atoms with van der Waals surface area (Å²) in [7, 11) is 0. The van der Waals surface area contributed by atoms with Crippen molar-refractivity contribution in [1.29, 1.82) is 0 Å². The number of carbonyl (C=O) groups is 1. The van der Waals surface area contributed by atoms with Crippen LogP contribution < -0.4 is 5.32 Å². The van der Waals surface area contributed by atoms with E-state index in [4.69, 9.17) is 4.98 Å². The molecule has 0 saturated carbocycles. The molecule has 4 heteroatoms. The van der Waals surface area contributed by atoms with Gasteiger partial charge in [-0.3, -0.25) is 4.79 Å². The van der Waals surface area contributed by atoms with E-state index in [9.17, 15) is 4.79 Å².